The lowest BCUT2D eigenvalue weighted by Crippen LogP contribution is -2.48. The van der Waals surface area contributed by atoms with E-state index < -0.39 is 11.5 Å². The third-order valence-corrected chi connectivity index (χ3v) is 3.57. The summed E-state index contributed by atoms with van der Waals surface area (Å²) >= 11 is 0. The molecule has 0 aliphatic carbocycles. The van der Waals surface area contributed by atoms with Gasteiger partial charge in [-0.1, -0.05) is 18.2 Å². The van der Waals surface area contributed by atoms with E-state index in [1.54, 1.807) is 25.8 Å². The van der Waals surface area contributed by atoms with Gasteiger partial charge in [0.15, 0.2) is 0 Å². The lowest BCUT2D eigenvalue weighted by molar-refractivity contribution is -0.142. The minimum Gasteiger partial charge on any atom is -0.480 e. The zero-order chi connectivity index (χ0) is 14.2. The highest BCUT2D eigenvalue weighted by Gasteiger charge is 2.33. The number of carboxylic acid groups (broad SMARTS) is 1. The number of pyridine rings is 1. The molecule has 1 aromatic carbocycles. The summed E-state index contributed by atoms with van der Waals surface area (Å²) in [5, 5.41) is 10.4. The number of aliphatic carboxylic acids is 1. The highest BCUT2D eigenvalue weighted by molar-refractivity contribution is 5.85. The van der Waals surface area contributed by atoms with E-state index in [4.69, 9.17) is 0 Å². The van der Waals surface area contributed by atoms with Crippen LogP contribution in [0.3, 0.4) is 0 Å². The van der Waals surface area contributed by atoms with Crippen LogP contribution in [-0.4, -0.2) is 28.6 Å². The van der Waals surface area contributed by atoms with E-state index in [0.29, 0.717) is 5.82 Å². The molecule has 0 saturated carbocycles. The third kappa shape index (κ3) is 2.26. The summed E-state index contributed by atoms with van der Waals surface area (Å²) in [5.74, 6) is -0.171. The summed E-state index contributed by atoms with van der Waals surface area (Å²) in [6.45, 7) is 5.29. The smallest absolute Gasteiger partial charge is 0.328 e. The maximum Gasteiger partial charge on any atom is 0.328 e. The Kier molecular flexibility index (Phi) is 3.18. The number of nitrogens with zero attached hydrogens (tertiary/aromatic N) is 2. The van der Waals surface area contributed by atoms with Gasteiger partial charge in [-0.2, -0.15) is 0 Å². The molecule has 0 saturated heterocycles. The zero-order valence-corrected chi connectivity index (χ0v) is 11.6. The third-order valence-electron chi connectivity index (χ3n) is 3.57. The summed E-state index contributed by atoms with van der Waals surface area (Å²) in [7, 11) is 1.76. The molecule has 100 valence electrons. The van der Waals surface area contributed by atoms with Gasteiger partial charge in [-0.15, -0.1) is 0 Å². The fourth-order valence-corrected chi connectivity index (χ4v) is 1.96. The molecule has 1 heterocycles. The number of carboxylic acids is 1. The molecule has 4 nitrogen and oxygen atoms in total. The average molecular weight is 258 g/mol. The number of para-hydroxylation sites is 1. The number of carbonyl (C=O) groups is 1. The second kappa shape index (κ2) is 4.53. The molecule has 0 aliphatic heterocycles. The molecule has 0 aliphatic rings. The largest absolute Gasteiger partial charge is 0.480 e. The molecule has 4 heteroatoms. The van der Waals surface area contributed by atoms with Crippen LogP contribution in [0.4, 0.5) is 5.82 Å². The fourth-order valence-electron chi connectivity index (χ4n) is 1.96. The normalized spacial score (nSPS) is 11.6. The molecule has 0 spiro atoms. The van der Waals surface area contributed by atoms with E-state index in [1.165, 1.54) is 0 Å². The van der Waals surface area contributed by atoms with Gasteiger partial charge >= 0.3 is 5.97 Å². The van der Waals surface area contributed by atoms with Crippen molar-refractivity contribution in [1.29, 1.82) is 0 Å². The van der Waals surface area contributed by atoms with E-state index in [0.717, 1.165) is 16.5 Å². The molecular formula is C15H18N2O2. The number of hydrogen-bond acceptors (Lipinski definition) is 3. The Bertz CT molecular complexity index is 635. The molecule has 0 fully saturated rings. The van der Waals surface area contributed by atoms with E-state index in [-0.39, 0.29) is 0 Å². The molecule has 19 heavy (non-hydrogen) atoms. The van der Waals surface area contributed by atoms with Gasteiger partial charge in [0.2, 0.25) is 0 Å². The van der Waals surface area contributed by atoms with E-state index >= 15 is 0 Å². The Morgan fingerprint density at radius 1 is 1.32 bits per heavy atom. The quantitative estimate of drug-likeness (QED) is 0.919. The molecule has 0 bridgehead atoms. The first-order valence-electron chi connectivity index (χ1n) is 6.17. The molecule has 1 aromatic heterocycles. The van der Waals surface area contributed by atoms with Crippen LogP contribution in [0.5, 0.6) is 0 Å². The number of benzene rings is 1. The number of anilines is 1. The number of hydrogen-bond donors (Lipinski definition) is 1. The van der Waals surface area contributed by atoms with Gasteiger partial charge in [-0.05, 0) is 38.5 Å². The Balaban J connectivity index is 2.56. The van der Waals surface area contributed by atoms with Crippen LogP contribution < -0.4 is 4.90 Å². The number of aryl methyl sites for hydroxylation is 1. The maximum absolute atomic E-state index is 11.3. The summed E-state index contributed by atoms with van der Waals surface area (Å²) in [6, 6.07) is 9.86. The van der Waals surface area contributed by atoms with Gasteiger partial charge in [0, 0.05) is 12.4 Å². The van der Waals surface area contributed by atoms with Gasteiger partial charge in [0.05, 0.1) is 5.52 Å². The van der Waals surface area contributed by atoms with Crippen molar-refractivity contribution in [2.45, 2.75) is 26.3 Å². The van der Waals surface area contributed by atoms with Crippen molar-refractivity contribution in [2.24, 2.45) is 0 Å². The van der Waals surface area contributed by atoms with Crippen LogP contribution in [0.1, 0.15) is 19.4 Å². The van der Waals surface area contributed by atoms with Crippen molar-refractivity contribution in [3.63, 3.8) is 0 Å². The SMILES string of the molecule is Cc1cc2ccccc2nc1N(C)C(C)(C)C(=O)O. The molecule has 2 aromatic rings. The van der Waals surface area contributed by atoms with E-state index in [1.807, 2.05) is 37.3 Å². The number of rotatable bonds is 3. The standard InChI is InChI=1S/C15H18N2O2/c1-10-9-11-7-5-6-8-12(11)16-13(10)17(4)15(2,3)14(18)19/h5-9H,1-4H3,(H,18,19). The van der Waals surface area contributed by atoms with Gasteiger partial charge in [0.25, 0.3) is 0 Å². The second-order valence-corrected chi connectivity index (χ2v) is 5.24. The molecule has 0 atom stereocenters. The summed E-state index contributed by atoms with van der Waals surface area (Å²) in [6.07, 6.45) is 0. The number of aromatic nitrogens is 1. The molecule has 2 rings (SSSR count). The second-order valence-electron chi connectivity index (χ2n) is 5.24. The van der Waals surface area contributed by atoms with Crippen LogP contribution in [0.2, 0.25) is 0 Å². The lowest BCUT2D eigenvalue weighted by Gasteiger charge is -2.33. The van der Waals surface area contributed by atoms with E-state index in [9.17, 15) is 9.90 Å². The first-order chi connectivity index (χ1) is 8.84. The van der Waals surface area contributed by atoms with Gasteiger partial charge in [-0.25, -0.2) is 9.78 Å². The predicted molar refractivity (Wildman–Crippen MR) is 76.6 cm³/mol. The Morgan fingerprint density at radius 2 is 1.95 bits per heavy atom. The number of likely N-dealkylation sites (N-methyl/N-ethyl adjacent to an activating group) is 1. The topological polar surface area (TPSA) is 53.4 Å². The molecule has 0 unspecified atom stereocenters. The minimum absolute atomic E-state index is 0.700. The summed E-state index contributed by atoms with van der Waals surface area (Å²) in [5.41, 5.74) is 0.840. The van der Waals surface area contributed by atoms with E-state index in [2.05, 4.69) is 4.98 Å². The molecular weight excluding hydrogens is 240 g/mol. The summed E-state index contributed by atoms with van der Waals surface area (Å²) in [4.78, 5) is 17.6. The highest BCUT2D eigenvalue weighted by atomic mass is 16.4. The van der Waals surface area contributed by atoms with Crippen molar-refractivity contribution >= 4 is 22.7 Å². The first-order valence-corrected chi connectivity index (χ1v) is 6.17. The monoisotopic (exact) mass is 258 g/mol. The highest BCUT2D eigenvalue weighted by Crippen LogP contribution is 2.27. The minimum atomic E-state index is -1.000. The van der Waals surface area contributed by atoms with Gasteiger partial charge < -0.3 is 10.0 Å². The van der Waals surface area contributed by atoms with Gasteiger partial charge in [-0.3, -0.25) is 0 Å². The molecule has 0 radical (unpaired) electrons. The number of fused-ring (bicyclic) bond motifs is 1. The van der Waals surface area contributed by atoms with Crippen LogP contribution in [0.15, 0.2) is 30.3 Å². The predicted octanol–water partition coefficient (Wildman–Crippen LogP) is 2.84. The van der Waals surface area contributed by atoms with Crippen LogP contribution in [0, 0.1) is 6.92 Å². The maximum atomic E-state index is 11.3. The van der Waals surface area contributed by atoms with Crippen molar-refractivity contribution < 1.29 is 9.90 Å². The van der Waals surface area contributed by atoms with Crippen LogP contribution >= 0.6 is 0 Å². The molecule has 0 amide bonds. The van der Waals surface area contributed by atoms with Gasteiger partial charge in [0.1, 0.15) is 11.4 Å². The van der Waals surface area contributed by atoms with Crippen molar-refractivity contribution in [1.82, 2.24) is 4.98 Å². The Labute approximate surface area is 112 Å². The van der Waals surface area contributed by atoms with Crippen LogP contribution in [-0.2, 0) is 4.79 Å². The van der Waals surface area contributed by atoms with Crippen molar-refractivity contribution in [2.75, 3.05) is 11.9 Å². The molecule has 1 N–H and O–H groups in total. The average Bonchev–Trinajstić information content (AvgIpc) is 2.36. The first kappa shape index (κ1) is 13.3. The lowest BCUT2D eigenvalue weighted by atomic mass is 10.0. The van der Waals surface area contributed by atoms with Crippen molar-refractivity contribution in [3.05, 3.63) is 35.9 Å². The van der Waals surface area contributed by atoms with Crippen LogP contribution in [0.25, 0.3) is 10.9 Å². The Hall–Kier alpha value is -2.10. The Morgan fingerprint density at radius 3 is 2.58 bits per heavy atom. The fraction of sp³-hybridized carbons (Fsp3) is 0.333. The zero-order valence-electron chi connectivity index (χ0n) is 11.6. The summed E-state index contributed by atoms with van der Waals surface area (Å²) < 4.78 is 0. The van der Waals surface area contributed by atoms with Crippen molar-refractivity contribution in [3.8, 4) is 0 Å².